The summed E-state index contributed by atoms with van der Waals surface area (Å²) in [6, 6.07) is 10.1. The molecule has 28 heavy (non-hydrogen) atoms. The molecule has 2 saturated heterocycles. The third-order valence-corrected chi connectivity index (χ3v) is 5.03. The van der Waals surface area contributed by atoms with E-state index in [0.29, 0.717) is 4.90 Å². The number of hydrogen-bond donors (Lipinski definition) is 0. The van der Waals surface area contributed by atoms with Crippen LogP contribution in [0.2, 0.25) is 5.02 Å². The zero-order valence-corrected chi connectivity index (χ0v) is 15.1. The highest BCUT2D eigenvalue weighted by Crippen LogP contribution is 2.33. The van der Waals surface area contributed by atoms with E-state index in [-0.39, 0.29) is 29.4 Å². The average molecular weight is 402 g/mol. The maximum absolute atomic E-state index is 14.0. The lowest BCUT2D eigenvalue weighted by molar-refractivity contribution is -0.140. The minimum Gasteiger partial charge on any atom is -0.307 e. The molecule has 0 spiro atoms. The second kappa shape index (κ2) is 6.72. The maximum atomic E-state index is 14.0. The van der Waals surface area contributed by atoms with Gasteiger partial charge in [0.05, 0.1) is 22.4 Å². The van der Waals surface area contributed by atoms with E-state index in [1.54, 1.807) is 18.2 Å². The van der Waals surface area contributed by atoms with Crippen LogP contribution >= 0.6 is 11.6 Å². The lowest BCUT2D eigenvalue weighted by Crippen LogP contribution is -2.43. The highest BCUT2D eigenvalue weighted by atomic mass is 35.5. The molecule has 4 rings (SSSR count). The number of nitrogens with zero attached hydrogens (tertiary/aromatic N) is 3. The normalized spacial score (nSPS) is 19.9. The van der Waals surface area contributed by atoms with Crippen LogP contribution in [0.15, 0.2) is 48.5 Å². The van der Waals surface area contributed by atoms with Gasteiger partial charge in [-0.1, -0.05) is 35.9 Å². The first-order chi connectivity index (χ1) is 13.4. The summed E-state index contributed by atoms with van der Waals surface area (Å²) in [4.78, 5) is 52.7. The molecule has 9 heteroatoms. The molecule has 0 saturated carbocycles. The Labute approximate surface area is 163 Å². The number of carbonyl (C=O) groups is 4. The van der Waals surface area contributed by atoms with E-state index < -0.39 is 35.6 Å². The van der Waals surface area contributed by atoms with E-state index in [1.807, 2.05) is 0 Å². The van der Waals surface area contributed by atoms with Gasteiger partial charge in [-0.25, -0.2) is 19.0 Å². The van der Waals surface area contributed by atoms with Crippen molar-refractivity contribution in [3.05, 3.63) is 59.4 Å². The first-order valence-electron chi connectivity index (χ1n) is 8.41. The first-order valence-corrected chi connectivity index (χ1v) is 8.79. The number of imide groups is 2. The number of para-hydroxylation sites is 2. The van der Waals surface area contributed by atoms with Crippen LogP contribution in [0.1, 0.15) is 6.42 Å². The minimum absolute atomic E-state index is 0.0587. The Morgan fingerprint density at radius 2 is 1.54 bits per heavy atom. The van der Waals surface area contributed by atoms with Crippen molar-refractivity contribution in [2.24, 2.45) is 0 Å². The standard InChI is InChI=1S/C19H13ClFN3O4/c20-12-5-1-3-7-14(12)24-18(27)17(26)23(19(24)28)11-9-16(25)22(10-11)15-8-4-2-6-13(15)21/h1-8,11H,9-10H2. The van der Waals surface area contributed by atoms with Crippen molar-refractivity contribution in [2.75, 3.05) is 16.3 Å². The summed E-state index contributed by atoms with van der Waals surface area (Å²) in [6.45, 7) is -0.0963. The van der Waals surface area contributed by atoms with Gasteiger partial charge in [-0.2, -0.15) is 0 Å². The molecule has 2 heterocycles. The lowest BCUT2D eigenvalue weighted by atomic mass is 10.2. The van der Waals surface area contributed by atoms with E-state index in [4.69, 9.17) is 11.6 Å². The largest absolute Gasteiger partial charge is 0.339 e. The van der Waals surface area contributed by atoms with Crippen molar-refractivity contribution < 1.29 is 23.6 Å². The number of anilines is 2. The quantitative estimate of drug-likeness (QED) is 0.585. The molecule has 0 aliphatic carbocycles. The van der Waals surface area contributed by atoms with Gasteiger partial charge in [-0.15, -0.1) is 0 Å². The molecule has 0 N–H and O–H groups in total. The fraction of sp³-hybridized carbons (Fsp3) is 0.158. The number of rotatable bonds is 3. The molecule has 2 fully saturated rings. The Morgan fingerprint density at radius 1 is 0.893 bits per heavy atom. The lowest BCUT2D eigenvalue weighted by Gasteiger charge is -2.22. The molecule has 2 aromatic carbocycles. The molecule has 2 aromatic rings. The van der Waals surface area contributed by atoms with Gasteiger partial charge in [0.2, 0.25) is 5.91 Å². The van der Waals surface area contributed by atoms with E-state index in [2.05, 4.69) is 0 Å². The zero-order valence-electron chi connectivity index (χ0n) is 14.3. The van der Waals surface area contributed by atoms with E-state index in [1.165, 1.54) is 35.2 Å². The van der Waals surface area contributed by atoms with Gasteiger partial charge in [0.25, 0.3) is 0 Å². The summed E-state index contributed by atoms with van der Waals surface area (Å²) in [7, 11) is 0. The number of hydrogen-bond acceptors (Lipinski definition) is 4. The van der Waals surface area contributed by atoms with Gasteiger partial charge in [0.1, 0.15) is 5.82 Å². The summed E-state index contributed by atoms with van der Waals surface area (Å²) in [5.74, 6) is -3.13. The van der Waals surface area contributed by atoms with Crippen LogP contribution in [0.5, 0.6) is 0 Å². The maximum Gasteiger partial charge on any atom is 0.339 e. The Balaban J connectivity index is 1.63. The molecule has 1 atom stereocenters. The fourth-order valence-corrected chi connectivity index (χ4v) is 3.63. The van der Waals surface area contributed by atoms with Gasteiger partial charge in [-0.05, 0) is 24.3 Å². The summed E-state index contributed by atoms with van der Waals surface area (Å²) in [6.07, 6.45) is -0.199. The van der Waals surface area contributed by atoms with Gasteiger partial charge in [-0.3, -0.25) is 14.4 Å². The van der Waals surface area contributed by atoms with Crippen LogP contribution in [-0.2, 0) is 14.4 Å². The predicted octanol–water partition coefficient (Wildman–Crippen LogP) is 2.58. The van der Waals surface area contributed by atoms with E-state index in [0.717, 1.165) is 4.90 Å². The zero-order chi connectivity index (χ0) is 20.0. The SMILES string of the molecule is O=C1CC(N2C(=O)C(=O)N(c3ccccc3Cl)C2=O)CN1c1ccccc1F. The van der Waals surface area contributed by atoms with E-state index in [9.17, 15) is 23.6 Å². The van der Waals surface area contributed by atoms with Crippen molar-refractivity contribution in [1.29, 1.82) is 0 Å². The number of amides is 5. The fourth-order valence-electron chi connectivity index (χ4n) is 3.41. The predicted molar refractivity (Wildman–Crippen MR) is 98.3 cm³/mol. The molecular formula is C19H13ClFN3O4. The molecule has 7 nitrogen and oxygen atoms in total. The Hall–Kier alpha value is -3.26. The van der Waals surface area contributed by atoms with Crippen molar-refractivity contribution in [3.8, 4) is 0 Å². The Morgan fingerprint density at radius 3 is 2.21 bits per heavy atom. The number of carbonyl (C=O) groups excluding carboxylic acids is 4. The Kier molecular flexibility index (Phi) is 4.35. The van der Waals surface area contributed by atoms with Crippen LogP contribution in [0.3, 0.4) is 0 Å². The van der Waals surface area contributed by atoms with Crippen molar-refractivity contribution in [1.82, 2.24) is 4.90 Å². The van der Waals surface area contributed by atoms with Gasteiger partial charge >= 0.3 is 17.8 Å². The van der Waals surface area contributed by atoms with E-state index >= 15 is 0 Å². The minimum atomic E-state index is -1.05. The molecule has 0 radical (unpaired) electrons. The molecular weight excluding hydrogens is 389 g/mol. The first kappa shape index (κ1) is 18.1. The van der Waals surface area contributed by atoms with Gasteiger partial charge in [0, 0.05) is 13.0 Å². The third-order valence-electron chi connectivity index (χ3n) is 4.71. The summed E-state index contributed by atoms with van der Waals surface area (Å²) in [5, 5.41) is 0.134. The highest BCUT2D eigenvalue weighted by Gasteiger charge is 2.51. The second-order valence-electron chi connectivity index (χ2n) is 6.36. The molecule has 2 aliphatic rings. The number of benzene rings is 2. The van der Waals surface area contributed by atoms with Crippen molar-refractivity contribution in [2.45, 2.75) is 12.5 Å². The number of halogens is 2. The smallest absolute Gasteiger partial charge is 0.307 e. The Bertz CT molecular complexity index is 1030. The molecule has 5 amide bonds. The van der Waals surface area contributed by atoms with Crippen molar-refractivity contribution >= 4 is 46.7 Å². The molecule has 0 aromatic heterocycles. The topological polar surface area (TPSA) is 78.0 Å². The molecule has 1 unspecified atom stereocenters. The van der Waals surface area contributed by atoms with Crippen LogP contribution in [0.25, 0.3) is 0 Å². The second-order valence-corrected chi connectivity index (χ2v) is 6.77. The van der Waals surface area contributed by atoms with Crippen LogP contribution in [0, 0.1) is 5.82 Å². The monoisotopic (exact) mass is 401 g/mol. The van der Waals surface area contributed by atoms with Crippen LogP contribution in [-0.4, -0.2) is 41.2 Å². The van der Waals surface area contributed by atoms with Crippen molar-refractivity contribution in [3.63, 3.8) is 0 Å². The third kappa shape index (κ3) is 2.73. The molecule has 142 valence electrons. The van der Waals surface area contributed by atoms with Gasteiger partial charge < -0.3 is 4.90 Å². The number of urea groups is 1. The molecule has 2 aliphatic heterocycles. The molecule has 0 bridgehead atoms. The summed E-state index contributed by atoms with van der Waals surface area (Å²) >= 11 is 6.05. The van der Waals surface area contributed by atoms with Crippen LogP contribution in [0.4, 0.5) is 20.6 Å². The highest BCUT2D eigenvalue weighted by molar-refractivity contribution is 6.54. The average Bonchev–Trinajstić information content (AvgIpc) is 3.14. The summed E-state index contributed by atoms with van der Waals surface area (Å²) < 4.78 is 14.0. The van der Waals surface area contributed by atoms with Gasteiger partial charge in [0.15, 0.2) is 0 Å². The van der Waals surface area contributed by atoms with Crippen LogP contribution < -0.4 is 9.80 Å². The summed E-state index contributed by atoms with van der Waals surface area (Å²) in [5.41, 5.74) is 0.147.